The Morgan fingerprint density at radius 2 is 1.91 bits per heavy atom. The number of aromatic nitrogens is 3. The van der Waals surface area contributed by atoms with E-state index in [2.05, 4.69) is 43.2 Å². The Kier molecular flexibility index (Phi) is 5.75. The third-order valence-corrected chi connectivity index (χ3v) is 6.63. The highest BCUT2D eigenvalue weighted by atomic mass is 16.2. The van der Waals surface area contributed by atoms with E-state index in [1.165, 1.54) is 10.5 Å². The molecule has 1 fully saturated rings. The molecule has 7 nitrogen and oxygen atoms in total. The molecule has 32 heavy (non-hydrogen) atoms. The fourth-order valence-electron chi connectivity index (χ4n) is 4.39. The maximum atomic E-state index is 13.5. The number of carbonyl (C=O) groups is 1. The molecule has 7 heteroatoms. The average Bonchev–Trinajstić information content (AvgIpc) is 2.74. The van der Waals surface area contributed by atoms with Crippen molar-refractivity contribution < 1.29 is 4.79 Å². The maximum Gasteiger partial charge on any atom is 0.265 e. The van der Waals surface area contributed by atoms with Gasteiger partial charge in [-0.25, -0.2) is 4.98 Å². The molecular weight excluding hydrogens is 402 g/mol. The molecule has 2 heterocycles. The van der Waals surface area contributed by atoms with Crippen LogP contribution in [0, 0.1) is 0 Å². The van der Waals surface area contributed by atoms with Gasteiger partial charge in [-0.1, -0.05) is 32.9 Å². The fraction of sp³-hybridized carbons (Fsp3) is 0.440. The van der Waals surface area contributed by atoms with Crippen molar-refractivity contribution in [3.8, 4) is 0 Å². The number of pyridine rings is 1. The lowest BCUT2D eigenvalue weighted by molar-refractivity contribution is 0.0821. The summed E-state index contributed by atoms with van der Waals surface area (Å²) in [6, 6.07) is 9.81. The van der Waals surface area contributed by atoms with E-state index >= 15 is 0 Å². The summed E-state index contributed by atoms with van der Waals surface area (Å²) in [5.41, 5.74) is 2.30. The molecule has 0 saturated heterocycles. The van der Waals surface area contributed by atoms with Gasteiger partial charge in [0.2, 0.25) is 5.95 Å². The van der Waals surface area contributed by atoms with Crippen LogP contribution in [0.15, 0.2) is 41.3 Å². The van der Waals surface area contributed by atoms with Crippen molar-refractivity contribution in [2.75, 3.05) is 19.4 Å². The van der Waals surface area contributed by atoms with Crippen LogP contribution < -0.4 is 10.9 Å². The molecule has 0 aliphatic heterocycles. The number of benzene rings is 1. The number of carbonyl (C=O) groups excluding carboxylic acids is 1. The minimum absolute atomic E-state index is 0.163. The highest BCUT2D eigenvalue weighted by molar-refractivity contribution is 5.96. The zero-order chi connectivity index (χ0) is 23.0. The van der Waals surface area contributed by atoms with Crippen molar-refractivity contribution in [1.29, 1.82) is 0 Å². The molecule has 3 aromatic rings. The van der Waals surface area contributed by atoms with Crippen molar-refractivity contribution in [2.24, 2.45) is 0 Å². The Morgan fingerprint density at radius 1 is 1.22 bits per heavy atom. The van der Waals surface area contributed by atoms with Gasteiger partial charge in [0.1, 0.15) is 11.2 Å². The van der Waals surface area contributed by atoms with Gasteiger partial charge in [-0.3, -0.25) is 14.2 Å². The van der Waals surface area contributed by atoms with Gasteiger partial charge in [0, 0.05) is 36.9 Å². The smallest absolute Gasteiger partial charge is 0.265 e. The highest BCUT2D eigenvalue weighted by Crippen LogP contribution is 2.42. The van der Waals surface area contributed by atoms with Gasteiger partial charge in [-0.05, 0) is 55.4 Å². The molecule has 2 aromatic heterocycles. The van der Waals surface area contributed by atoms with E-state index in [1.54, 1.807) is 30.9 Å². The summed E-state index contributed by atoms with van der Waals surface area (Å²) in [6.07, 6.45) is 5.37. The predicted octanol–water partition coefficient (Wildman–Crippen LogP) is 4.65. The lowest BCUT2D eigenvalue weighted by Crippen LogP contribution is -2.48. The largest absolute Gasteiger partial charge is 0.345 e. The summed E-state index contributed by atoms with van der Waals surface area (Å²) < 4.78 is 1.76. The first-order valence-electron chi connectivity index (χ1n) is 11.3. The Labute approximate surface area is 188 Å². The fourth-order valence-corrected chi connectivity index (χ4v) is 4.39. The van der Waals surface area contributed by atoms with E-state index in [4.69, 9.17) is 4.98 Å². The first kappa shape index (κ1) is 22.0. The van der Waals surface area contributed by atoms with Gasteiger partial charge < -0.3 is 10.2 Å². The lowest BCUT2D eigenvalue weighted by atomic mass is 9.74. The van der Waals surface area contributed by atoms with Gasteiger partial charge in [-0.15, -0.1) is 0 Å². The molecule has 0 atom stereocenters. The Hall–Kier alpha value is -3.22. The minimum atomic E-state index is -0.303. The molecule has 4 rings (SSSR count). The van der Waals surface area contributed by atoms with Crippen LogP contribution in [0.3, 0.4) is 0 Å². The van der Waals surface area contributed by atoms with Crippen LogP contribution in [0.1, 0.15) is 68.3 Å². The normalized spacial score (nSPS) is 14.9. The molecule has 1 N–H and O–H groups in total. The number of fused-ring (bicyclic) bond motifs is 1. The molecule has 1 aromatic carbocycles. The van der Waals surface area contributed by atoms with Gasteiger partial charge >= 0.3 is 0 Å². The van der Waals surface area contributed by atoms with Crippen molar-refractivity contribution in [2.45, 2.75) is 57.9 Å². The van der Waals surface area contributed by atoms with Crippen molar-refractivity contribution >= 4 is 28.6 Å². The Balaban J connectivity index is 1.83. The van der Waals surface area contributed by atoms with Crippen LogP contribution in [-0.2, 0) is 5.54 Å². The molecule has 0 radical (unpaired) electrons. The second-order valence-electron chi connectivity index (χ2n) is 9.20. The van der Waals surface area contributed by atoms with Gasteiger partial charge in [0.05, 0.1) is 0 Å². The maximum absolute atomic E-state index is 13.5. The zero-order valence-electron chi connectivity index (χ0n) is 19.5. The highest BCUT2D eigenvalue weighted by Gasteiger charge is 2.40. The van der Waals surface area contributed by atoms with E-state index in [1.807, 2.05) is 12.1 Å². The molecule has 1 aliphatic carbocycles. The number of nitrogens with one attached hydrogen (secondary N) is 1. The molecule has 1 aliphatic rings. The van der Waals surface area contributed by atoms with Gasteiger partial charge in [-0.2, -0.15) is 4.98 Å². The van der Waals surface area contributed by atoms with Crippen LogP contribution in [-0.4, -0.2) is 39.4 Å². The van der Waals surface area contributed by atoms with E-state index < -0.39 is 0 Å². The molecule has 1 saturated carbocycles. The first-order chi connectivity index (χ1) is 15.3. The van der Waals surface area contributed by atoms with E-state index in [0.717, 1.165) is 31.4 Å². The van der Waals surface area contributed by atoms with E-state index in [0.29, 0.717) is 22.9 Å². The summed E-state index contributed by atoms with van der Waals surface area (Å²) in [6.45, 7) is 6.41. The number of rotatable bonds is 6. The molecule has 0 spiro atoms. The zero-order valence-corrected chi connectivity index (χ0v) is 19.5. The summed E-state index contributed by atoms with van der Waals surface area (Å²) >= 11 is 0. The predicted molar refractivity (Wildman–Crippen MR) is 128 cm³/mol. The molecular formula is C25H31N5O2. The third-order valence-electron chi connectivity index (χ3n) is 6.63. The number of hydrogen-bond donors (Lipinski definition) is 1. The third kappa shape index (κ3) is 3.76. The second kappa shape index (κ2) is 8.37. The average molecular weight is 434 g/mol. The molecule has 168 valence electrons. The minimum Gasteiger partial charge on any atom is -0.345 e. The van der Waals surface area contributed by atoms with Crippen LogP contribution in [0.2, 0.25) is 0 Å². The quantitative estimate of drug-likeness (QED) is 0.612. The van der Waals surface area contributed by atoms with Gasteiger partial charge in [0.25, 0.3) is 11.5 Å². The van der Waals surface area contributed by atoms with Crippen LogP contribution >= 0.6 is 0 Å². The summed E-state index contributed by atoms with van der Waals surface area (Å²) in [7, 11) is 3.31. The molecule has 0 bridgehead atoms. The topological polar surface area (TPSA) is 80.1 Å². The standard InChI is InChI=1S/C25H31N5O2/c1-6-25(12-7-13-25)30-21-18(14-20(23(30)32)22(31)29(4)5)15-26-24(28-21)27-19-10-8-17(9-11-19)16(2)3/h8-11,14-16H,6-7,12-13H2,1-5H3,(H,26,27,28). The first-order valence-corrected chi connectivity index (χ1v) is 11.3. The Bertz CT molecular complexity index is 1200. The Morgan fingerprint density at radius 3 is 2.44 bits per heavy atom. The van der Waals surface area contributed by atoms with Crippen LogP contribution in [0.4, 0.5) is 11.6 Å². The van der Waals surface area contributed by atoms with E-state index in [9.17, 15) is 9.59 Å². The number of amides is 1. The molecule has 0 unspecified atom stereocenters. The van der Waals surface area contributed by atoms with Crippen molar-refractivity contribution in [3.05, 3.63) is 58.0 Å². The van der Waals surface area contributed by atoms with Crippen LogP contribution in [0.5, 0.6) is 0 Å². The van der Waals surface area contributed by atoms with Crippen molar-refractivity contribution in [1.82, 2.24) is 19.4 Å². The monoisotopic (exact) mass is 433 g/mol. The summed E-state index contributed by atoms with van der Waals surface area (Å²) in [5, 5.41) is 3.95. The van der Waals surface area contributed by atoms with Crippen molar-refractivity contribution in [3.63, 3.8) is 0 Å². The molecule has 1 amide bonds. The van der Waals surface area contributed by atoms with E-state index in [-0.39, 0.29) is 22.6 Å². The summed E-state index contributed by atoms with van der Waals surface area (Å²) in [4.78, 5) is 36.9. The number of anilines is 2. The number of nitrogens with zero attached hydrogens (tertiary/aromatic N) is 4. The number of hydrogen-bond acceptors (Lipinski definition) is 5. The van der Waals surface area contributed by atoms with Gasteiger partial charge in [0.15, 0.2) is 0 Å². The lowest BCUT2D eigenvalue weighted by Gasteiger charge is -2.43. The van der Waals surface area contributed by atoms with Crippen LogP contribution in [0.25, 0.3) is 11.0 Å². The summed E-state index contributed by atoms with van der Waals surface area (Å²) in [5.74, 6) is 0.589. The second-order valence-corrected chi connectivity index (χ2v) is 9.20. The SMILES string of the molecule is CCC1(n2c(=O)c(C(=O)N(C)C)cc3cnc(Nc4ccc(C(C)C)cc4)nc32)CCC1.